The molecule has 4 nitrogen and oxygen atoms in total. The quantitative estimate of drug-likeness (QED) is 0.764. The van der Waals surface area contributed by atoms with Gasteiger partial charge >= 0.3 is 0 Å². The fourth-order valence-corrected chi connectivity index (χ4v) is 3.27. The van der Waals surface area contributed by atoms with Crippen molar-refractivity contribution in [2.75, 3.05) is 5.32 Å². The second-order valence-electron chi connectivity index (χ2n) is 5.71. The van der Waals surface area contributed by atoms with E-state index in [-0.39, 0.29) is 11.6 Å². The van der Waals surface area contributed by atoms with Gasteiger partial charge < -0.3 is 9.84 Å². The van der Waals surface area contributed by atoms with Gasteiger partial charge in [-0.1, -0.05) is 11.2 Å². The number of nitrogens with one attached hydrogen (secondary N) is 1. The topological polar surface area (TPSA) is 55.1 Å². The summed E-state index contributed by atoms with van der Waals surface area (Å²) < 4.78 is 32.0. The normalized spacial score (nSPS) is 15.2. The van der Waals surface area contributed by atoms with Crippen molar-refractivity contribution >= 4 is 22.9 Å². The minimum absolute atomic E-state index is 0.0466. The Hall–Kier alpha value is -2.54. The maximum Gasteiger partial charge on any atom is 0.236 e. The van der Waals surface area contributed by atoms with E-state index in [2.05, 4.69) is 10.5 Å². The van der Waals surface area contributed by atoms with Gasteiger partial charge in [-0.2, -0.15) is 0 Å². The molecule has 24 heavy (non-hydrogen) atoms. The number of aromatic nitrogens is 1. The molecule has 1 aromatic carbocycles. The minimum atomic E-state index is -0.807. The van der Waals surface area contributed by atoms with Crippen LogP contribution in [0.15, 0.2) is 46.3 Å². The maximum atomic E-state index is 13.7. The van der Waals surface area contributed by atoms with Crippen LogP contribution in [-0.2, 0) is 10.2 Å². The van der Waals surface area contributed by atoms with E-state index in [0.717, 1.165) is 17.0 Å². The summed E-state index contributed by atoms with van der Waals surface area (Å²) in [6, 6.07) is 8.60. The number of hydrogen-bond acceptors (Lipinski definition) is 4. The van der Waals surface area contributed by atoms with Gasteiger partial charge in [-0.15, -0.1) is 11.3 Å². The predicted octanol–water partition coefficient (Wildman–Crippen LogP) is 4.35. The average Bonchev–Trinajstić information content (AvgIpc) is 3.00. The smallest absolute Gasteiger partial charge is 0.236 e. The van der Waals surface area contributed by atoms with E-state index >= 15 is 0 Å². The lowest BCUT2D eigenvalue weighted by Crippen LogP contribution is -2.28. The van der Waals surface area contributed by atoms with Crippen LogP contribution in [0.5, 0.6) is 0 Å². The van der Waals surface area contributed by atoms with Gasteiger partial charge in [0.15, 0.2) is 5.76 Å². The molecule has 7 heteroatoms. The molecule has 122 valence electrons. The number of hydrogen-bond donors (Lipinski definition) is 1. The number of carbonyl (C=O) groups is 1. The third kappa shape index (κ3) is 2.50. The number of amides is 1. The lowest BCUT2D eigenvalue weighted by Gasteiger charge is -2.13. The van der Waals surface area contributed by atoms with Gasteiger partial charge in [-0.25, -0.2) is 8.78 Å². The van der Waals surface area contributed by atoms with Gasteiger partial charge in [0.2, 0.25) is 5.91 Å². The van der Waals surface area contributed by atoms with Crippen molar-refractivity contribution in [1.29, 1.82) is 0 Å². The Labute approximate surface area is 140 Å². The lowest BCUT2D eigenvalue weighted by molar-refractivity contribution is -0.118. The first kappa shape index (κ1) is 15.0. The zero-order chi connectivity index (χ0) is 16.7. The van der Waals surface area contributed by atoms with Gasteiger partial charge in [0, 0.05) is 12.1 Å². The van der Waals surface area contributed by atoms with E-state index in [4.69, 9.17) is 4.52 Å². The van der Waals surface area contributed by atoms with Gasteiger partial charge in [0.25, 0.3) is 0 Å². The summed E-state index contributed by atoms with van der Waals surface area (Å²) >= 11 is 1.52. The van der Waals surface area contributed by atoms with Gasteiger partial charge in [0.1, 0.15) is 11.6 Å². The summed E-state index contributed by atoms with van der Waals surface area (Å²) in [5.41, 5.74) is -0.319. The first-order chi connectivity index (χ1) is 11.6. The minimum Gasteiger partial charge on any atom is -0.355 e. The molecule has 0 spiro atoms. The summed E-state index contributed by atoms with van der Waals surface area (Å²) in [6.07, 6.45) is 1.22. The highest BCUT2D eigenvalue weighted by Crippen LogP contribution is 2.49. The average molecular weight is 346 g/mol. The van der Waals surface area contributed by atoms with Crippen molar-refractivity contribution in [2.24, 2.45) is 0 Å². The summed E-state index contributed by atoms with van der Waals surface area (Å²) in [6.45, 7) is 0. The maximum absolute atomic E-state index is 13.7. The molecular weight excluding hydrogens is 334 g/mol. The second kappa shape index (κ2) is 5.52. The van der Waals surface area contributed by atoms with E-state index < -0.39 is 17.0 Å². The van der Waals surface area contributed by atoms with Crippen LogP contribution >= 0.6 is 11.3 Å². The van der Waals surface area contributed by atoms with Gasteiger partial charge in [-0.3, -0.25) is 4.79 Å². The summed E-state index contributed by atoms with van der Waals surface area (Å²) in [4.78, 5) is 13.5. The molecule has 0 bridgehead atoms. The number of anilines is 1. The fraction of sp³-hybridized carbons (Fsp3) is 0.176. The van der Waals surface area contributed by atoms with Crippen LogP contribution in [0, 0.1) is 11.6 Å². The standard InChI is InChI=1S/C17H12F2N2O2S/c18-10-3-4-12(11(19)8-10)20-16(22)17(5-6-17)15-9-13(23-21-15)14-2-1-7-24-14/h1-4,7-9H,5-6H2,(H,20,22). The summed E-state index contributed by atoms with van der Waals surface area (Å²) in [5.74, 6) is -1.26. The predicted molar refractivity (Wildman–Crippen MR) is 85.7 cm³/mol. The molecule has 1 fully saturated rings. The molecule has 0 unspecified atom stereocenters. The first-order valence-corrected chi connectivity index (χ1v) is 8.24. The Kier molecular flexibility index (Phi) is 3.45. The molecule has 1 aliphatic rings. The van der Waals surface area contributed by atoms with Crippen LogP contribution < -0.4 is 5.32 Å². The molecule has 2 aromatic heterocycles. The number of benzene rings is 1. The van der Waals surface area contributed by atoms with E-state index in [1.807, 2.05) is 17.5 Å². The number of nitrogens with zero attached hydrogens (tertiary/aromatic N) is 1. The second-order valence-corrected chi connectivity index (χ2v) is 6.66. The molecule has 0 radical (unpaired) electrons. The highest BCUT2D eigenvalue weighted by molar-refractivity contribution is 7.13. The van der Waals surface area contributed by atoms with Crippen molar-refractivity contribution in [2.45, 2.75) is 18.3 Å². The van der Waals surface area contributed by atoms with Crippen LogP contribution in [0.3, 0.4) is 0 Å². The highest BCUT2D eigenvalue weighted by atomic mass is 32.1. The molecule has 0 saturated heterocycles. The largest absolute Gasteiger partial charge is 0.355 e. The van der Waals surface area contributed by atoms with Crippen molar-refractivity contribution in [3.63, 3.8) is 0 Å². The molecule has 4 rings (SSSR count). The zero-order valence-electron chi connectivity index (χ0n) is 12.4. The van der Waals surface area contributed by atoms with E-state index in [0.29, 0.717) is 24.3 Å². The number of carbonyl (C=O) groups excluding carboxylic acids is 1. The van der Waals surface area contributed by atoms with Gasteiger partial charge in [0.05, 0.1) is 21.7 Å². The Morgan fingerprint density at radius 1 is 1.25 bits per heavy atom. The van der Waals surface area contributed by atoms with Crippen LogP contribution in [-0.4, -0.2) is 11.1 Å². The van der Waals surface area contributed by atoms with Crippen LogP contribution in [0.4, 0.5) is 14.5 Å². The van der Waals surface area contributed by atoms with Crippen molar-refractivity contribution in [3.8, 4) is 10.6 Å². The molecule has 3 aromatic rings. The molecule has 0 aliphatic heterocycles. The number of rotatable bonds is 4. The molecule has 1 N–H and O–H groups in total. The van der Waals surface area contributed by atoms with Crippen molar-refractivity contribution in [3.05, 3.63) is 59.1 Å². The summed E-state index contributed by atoms with van der Waals surface area (Å²) in [7, 11) is 0. The molecule has 0 atom stereocenters. The zero-order valence-corrected chi connectivity index (χ0v) is 13.2. The molecule has 2 heterocycles. The van der Waals surface area contributed by atoms with E-state index in [1.54, 1.807) is 6.07 Å². The SMILES string of the molecule is O=C(Nc1ccc(F)cc1F)C1(c2cc(-c3cccs3)on2)CC1. The van der Waals surface area contributed by atoms with Crippen molar-refractivity contribution < 1.29 is 18.1 Å². The molecule has 1 amide bonds. The fourth-order valence-electron chi connectivity index (χ4n) is 2.59. The number of halogens is 2. The third-order valence-corrected chi connectivity index (χ3v) is 5.01. The Morgan fingerprint density at radius 3 is 2.75 bits per heavy atom. The van der Waals surface area contributed by atoms with E-state index in [1.165, 1.54) is 17.4 Å². The van der Waals surface area contributed by atoms with Crippen LogP contribution in [0.1, 0.15) is 18.5 Å². The molecular formula is C17H12F2N2O2S. The van der Waals surface area contributed by atoms with E-state index in [9.17, 15) is 13.6 Å². The summed E-state index contributed by atoms with van der Waals surface area (Å²) in [5, 5.41) is 8.47. The Morgan fingerprint density at radius 2 is 2.08 bits per heavy atom. The van der Waals surface area contributed by atoms with Crippen LogP contribution in [0.2, 0.25) is 0 Å². The van der Waals surface area contributed by atoms with Crippen molar-refractivity contribution in [1.82, 2.24) is 5.16 Å². The lowest BCUT2D eigenvalue weighted by atomic mass is 10.0. The number of thiophene rings is 1. The molecule has 1 saturated carbocycles. The highest BCUT2D eigenvalue weighted by Gasteiger charge is 2.54. The van der Waals surface area contributed by atoms with Crippen LogP contribution in [0.25, 0.3) is 10.6 Å². The first-order valence-electron chi connectivity index (χ1n) is 7.36. The van der Waals surface area contributed by atoms with Gasteiger partial charge in [-0.05, 0) is 36.4 Å². The monoisotopic (exact) mass is 346 g/mol. The Balaban J connectivity index is 1.58. The molecule has 1 aliphatic carbocycles. The third-order valence-electron chi connectivity index (χ3n) is 4.13. The Bertz CT molecular complexity index is 901.